The Morgan fingerprint density at radius 3 is 2.79 bits per heavy atom. The molecule has 7 nitrogen and oxygen atoms in total. The molecule has 0 aliphatic heterocycles. The van der Waals surface area contributed by atoms with Crippen molar-refractivity contribution >= 4 is 29.6 Å². The van der Waals surface area contributed by atoms with Crippen LogP contribution in [0.2, 0.25) is 5.02 Å². The number of nitrogens with one attached hydrogen (secondary N) is 2. The van der Waals surface area contributed by atoms with Gasteiger partial charge in [0.2, 0.25) is 5.91 Å². The molecule has 2 aromatic carbocycles. The number of amides is 2. The lowest BCUT2D eigenvalue weighted by Crippen LogP contribution is -2.26. The van der Waals surface area contributed by atoms with Crippen LogP contribution in [0.3, 0.4) is 0 Å². The largest absolute Gasteiger partial charge is 0.504 e. The number of carbonyl (C=O) groups excluding carboxylic acids is 2. The van der Waals surface area contributed by atoms with E-state index < -0.39 is 0 Å². The number of carbonyl (C=O) groups is 2. The Labute approximate surface area is 168 Å². The number of halogens is 1. The fraction of sp³-hybridized carbons (Fsp3) is 0.250. The van der Waals surface area contributed by atoms with Gasteiger partial charge in [-0.25, -0.2) is 5.43 Å². The number of hydrogen-bond acceptors (Lipinski definition) is 5. The standard InChI is InChI=1S/C20H22ClN3O4/c1-2-28-18-12-14(9-10-17(18)25)13-23-24-19(26)8-5-11-22-20(27)15-6-3-4-7-16(15)21/h3-4,6-7,9-10,12-13,25H,2,5,8,11H2,1H3,(H,22,27)(H,24,26)/b23-13+. The molecule has 0 aromatic heterocycles. The lowest BCUT2D eigenvalue weighted by atomic mass is 10.2. The normalized spacial score (nSPS) is 10.6. The summed E-state index contributed by atoms with van der Waals surface area (Å²) in [4.78, 5) is 23.8. The van der Waals surface area contributed by atoms with Gasteiger partial charge in [-0.3, -0.25) is 9.59 Å². The van der Waals surface area contributed by atoms with E-state index >= 15 is 0 Å². The van der Waals surface area contributed by atoms with E-state index in [1.54, 1.807) is 36.4 Å². The summed E-state index contributed by atoms with van der Waals surface area (Å²) < 4.78 is 5.29. The maximum Gasteiger partial charge on any atom is 0.252 e. The van der Waals surface area contributed by atoms with Gasteiger partial charge in [0.1, 0.15) is 0 Å². The first kappa shape index (κ1) is 21.2. The molecule has 2 aromatic rings. The zero-order chi connectivity index (χ0) is 20.4. The van der Waals surface area contributed by atoms with Crippen molar-refractivity contribution in [2.24, 2.45) is 5.10 Å². The number of hydrazone groups is 1. The van der Waals surface area contributed by atoms with Gasteiger partial charge < -0.3 is 15.2 Å². The molecule has 0 saturated carbocycles. The Hall–Kier alpha value is -3.06. The van der Waals surface area contributed by atoms with Crippen LogP contribution in [-0.4, -0.2) is 36.3 Å². The highest BCUT2D eigenvalue weighted by Crippen LogP contribution is 2.26. The van der Waals surface area contributed by atoms with Crippen LogP contribution in [0.1, 0.15) is 35.7 Å². The Morgan fingerprint density at radius 2 is 2.04 bits per heavy atom. The summed E-state index contributed by atoms with van der Waals surface area (Å²) in [5.41, 5.74) is 3.50. The third-order valence-electron chi connectivity index (χ3n) is 3.67. The first-order chi connectivity index (χ1) is 13.5. The molecule has 2 amide bonds. The average Bonchev–Trinajstić information content (AvgIpc) is 2.68. The molecule has 0 unspecified atom stereocenters. The minimum Gasteiger partial charge on any atom is -0.504 e. The summed E-state index contributed by atoms with van der Waals surface area (Å²) in [5, 5.41) is 16.6. The van der Waals surface area contributed by atoms with Crippen LogP contribution in [0, 0.1) is 0 Å². The molecule has 0 radical (unpaired) electrons. The number of aromatic hydroxyl groups is 1. The quantitative estimate of drug-likeness (QED) is 0.340. The number of phenolic OH excluding ortho intramolecular Hbond substituents is 1. The molecule has 2 rings (SSSR count). The molecular formula is C20H22ClN3O4. The topological polar surface area (TPSA) is 100 Å². The van der Waals surface area contributed by atoms with Crippen LogP contribution in [0.15, 0.2) is 47.6 Å². The fourth-order valence-corrected chi connectivity index (χ4v) is 2.53. The first-order valence-corrected chi connectivity index (χ1v) is 9.19. The smallest absolute Gasteiger partial charge is 0.252 e. The predicted octanol–water partition coefficient (Wildman–Crippen LogP) is 3.10. The van der Waals surface area contributed by atoms with Gasteiger partial charge in [0.05, 0.1) is 23.4 Å². The molecule has 8 heteroatoms. The molecule has 0 bridgehead atoms. The van der Waals surface area contributed by atoms with Crippen LogP contribution in [0.25, 0.3) is 0 Å². The number of ether oxygens (including phenoxy) is 1. The summed E-state index contributed by atoms with van der Waals surface area (Å²) >= 11 is 5.96. The minimum absolute atomic E-state index is 0.0434. The van der Waals surface area contributed by atoms with Gasteiger partial charge in [-0.2, -0.15) is 5.10 Å². The summed E-state index contributed by atoms with van der Waals surface area (Å²) in [7, 11) is 0. The minimum atomic E-state index is -0.276. The van der Waals surface area contributed by atoms with Gasteiger partial charge >= 0.3 is 0 Å². The van der Waals surface area contributed by atoms with Crippen molar-refractivity contribution in [3.8, 4) is 11.5 Å². The zero-order valence-electron chi connectivity index (χ0n) is 15.4. The lowest BCUT2D eigenvalue weighted by molar-refractivity contribution is -0.121. The third-order valence-corrected chi connectivity index (χ3v) is 4.00. The number of benzene rings is 2. The molecule has 0 aliphatic carbocycles. The highest BCUT2D eigenvalue weighted by Gasteiger charge is 2.09. The van der Waals surface area contributed by atoms with Crippen LogP contribution < -0.4 is 15.5 Å². The number of nitrogens with zero attached hydrogens (tertiary/aromatic N) is 1. The van der Waals surface area contributed by atoms with Crippen molar-refractivity contribution in [2.45, 2.75) is 19.8 Å². The second-order valence-corrected chi connectivity index (χ2v) is 6.20. The average molecular weight is 404 g/mol. The van der Waals surface area contributed by atoms with Crippen molar-refractivity contribution in [1.29, 1.82) is 0 Å². The molecule has 0 fully saturated rings. The summed E-state index contributed by atoms with van der Waals surface area (Å²) in [5.74, 6) is -0.151. The Bertz CT molecular complexity index is 855. The molecule has 0 spiro atoms. The zero-order valence-corrected chi connectivity index (χ0v) is 16.2. The second-order valence-electron chi connectivity index (χ2n) is 5.79. The number of hydrogen-bond donors (Lipinski definition) is 3. The Morgan fingerprint density at radius 1 is 1.25 bits per heavy atom. The van der Waals surface area contributed by atoms with Crippen molar-refractivity contribution in [1.82, 2.24) is 10.7 Å². The molecule has 148 valence electrons. The van der Waals surface area contributed by atoms with Gasteiger partial charge in [0.15, 0.2) is 11.5 Å². The van der Waals surface area contributed by atoms with E-state index in [9.17, 15) is 14.7 Å². The molecular weight excluding hydrogens is 382 g/mol. The van der Waals surface area contributed by atoms with E-state index in [0.717, 1.165) is 0 Å². The number of rotatable bonds is 9. The second kappa shape index (κ2) is 10.9. The highest BCUT2D eigenvalue weighted by atomic mass is 35.5. The van der Waals surface area contributed by atoms with E-state index in [0.29, 0.717) is 41.5 Å². The van der Waals surface area contributed by atoms with E-state index in [4.69, 9.17) is 16.3 Å². The highest BCUT2D eigenvalue weighted by molar-refractivity contribution is 6.33. The fourth-order valence-electron chi connectivity index (χ4n) is 2.31. The van der Waals surface area contributed by atoms with Crippen LogP contribution in [-0.2, 0) is 4.79 Å². The van der Waals surface area contributed by atoms with Gasteiger partial charge in [-0.1, -0.05) is 23.7 Å². The maximum absolute atomic E-state index is 12.0. The molecule has 0 aliphatic rings. The Kier molecular flexibility index (Phi) is 8.30. The number of phenols is 1. The summed E-state index contributed by atoms with van der Waals surface area (Å²) in [6, 6.07) is 11.5. The summed E-state index contributed by atoms with van der Waals surface area (Å²) in [6.07, 6.45) is 2.13. The molecule has 0 heterocycles. The lowest BCUT2D eigenvalue weighted by Gasteiger charge is -2.06. The Balaban J connectivity index is 1.71. The van der Waals surface area contributed by atoms with Crippen molar-refractivity contribution in [3.63, 3.8) is 0 Å². The molecule has 28 heavy (non-hydrogen) atoms. The molecule has 0 atom stereocenters. The SMILES string of the molecule is CCOc1cc(/C=N/NC(=O)CCCNC(=O)c2ccccc2Cl)ccc1O. The van der Waals surface area contributed by atoms with Crippen LogP contribution in [0.5, 0.6) is 11.5 Å². The van der Waals surface area contributed by atoms with Crippen molar-refractivity contribution in [3.05, 3.63) is 58.6 Å². The monoisotopic (exact) mass is 403 g/mol. The van der Waals surface area contributed by atoms with E-state index in [1.165, 1.54) is 12.3 Å². The summed E-state index contributed by atoms with van der Waals surface area (Å²) in [6.45, 7) is 2.59. The maximum atomic E-state index is 12.0. The molecule has 3 N–H and O–H groups in total. The molecule has 0 saturated heterocycles. The first-order valence-electron chi connectivity index (χ1n) is 8.81. The van der Waals surface area contributed by atoms with Gasteiger partial charge in [-0.05, 0) is 49.2 Å². The van der Waals surface area contributed by atoms with E-state index in [1.807, 2.05) is 6.92 Å². The van der Waals surface area contributed by atoms with Gasteiger partial charge in [-0.15, -0.1) is 0 Å². The van der Waals surface area contributed by atoms with Crippen LogP contribution >= 0.6 is 11.6 Å². The van der Waals surface area contributed by atoms with Crippen molar-refractivity contribution < 1.29 is 19.4 Å². The van der Waals surface area contributed by atoms with Crippen LogP contribution in [0.4, 0.5) is 0 Å². The van der Waals surface area contributed by atoms with E-state index in [2.05, 4.69) is 15.8 Å². The van der Waals surface area contributed by atoms with Gasteiger partial charge in [0.25, 0.3) is 5.91 Å². The third kappa shape index (κ3) is 6.59. The van der Waals surface area contributed by atoms with Crippen molar-refractivity contribution in [2.75, 3.05) is 13.2 Å². The van der Waals surface area contributed by atoms with Gasteiger partial charge in [0, 0.05) is 13.0 Å². The predicted molar refractivity (Wildman–Crippen MR) is 108 cm³/mol. The van der Waals surface area contributed by atoms with E-state index in [-0.39, 0.29) is 24.0 Å².